The summed E-state index contributed by atoms with van der Waals surface area (Å²) in [6.45, 7) is 6.68. The van der Waals surface area contributed by atoms with E-state index in [0.717, 1.165) is 0 Å². The highest BCUT2D eigenvalue weighted by Gasteiger charge is 2.27. The van der Waals surface area contributed by atoms with Gasteiger partial charge < -0.3 is 14.4 Å². The zero-order valence-corrected chi connectivity index (χ0v) is 11.2. The Hall–Kier alpha value is -2.05. The van der Waals surface area contributed by atoms with E-state index in [2.05, 4.69) is 4.98 Å². The minimum atomic E-state index is -1.06. The van der Waals surface area contributed by atoms with Crippen LogP contribution in [0.15, 0.2) is 6.20 Å². The number of amides is 1. The zero-order chi connectivity index (χ0) is 14.2. The van der Waals surface area contributed by atoms with Crippen LogP contribution in [0.25, 0.3) is 0 Å². The van der Waals surface area contributed by atoms with E-state index in [9.17, 15) is 9.59 Å². The van der Waals surface area contributed by atoms with Gasteiger partial charge in [-0.2, -0.15) is 0 Å². The standard InChI is InChI=1S/C12H17N3O4/c1-12(2,3)19-11(18)15-5-4-14-6-8(10(16)17)13-9(14)7-15/h6H,4-5,7H2,1-3H3,(H,16,17). The fraction of sp³-hybridized carbons (Fsp3) is 0.583. The third kappa shape index (κ3) is 3.04. The summed E-state index contributed by atoms with van der Waals surface area (Å²) < 4.78 is 7.03. The van der Waals surface area contributed by atoms with Gasteiger partial charge >= 0.3 is 12.1 Å². The van der Waals surface area contributed by atoms with E-state index in [1.165, 1.54) is 11.1 Å². The normalized spacial score (nSPS) is 15.0. The highest BCUT2D eigenvalue weighted by Crippen LogP contribution is 2.16. The Morgan fingerprint density at radius 3 is 2.63 bits per heavy atom. The Morgan fingerprint density at radius 2 is 2.05 bits per heavy atom. The molecule has 7 heteroatoms. The molecule has 0 atom stereocenters. The Morgan fingerprint density at radius 1 is 1.37 bits per heavy atom. The van der Waals surface area contributed by atoms with Crippen molar-refractivity contribution >= 4 is 12.1 Å². The molecule has 0 unspecified atom stereocenters. The molecule has 7 nitrogen and oxygen atoms in total. The number of carboxylic acids is 1. The van der Waals surface area contributed by atoms with Crippen LogP contribution in [0, 0.1) is 0 Å². The van der Waals surface area contributed by atoms with Crippen LogP contribution in [-0.2, 0) is 17.8 Å². The first-order valence-electron chi connectivity index (χ1n) is 6.03. The molecule has 1 aromatic rings. The average Bonchev–Trinajstić information content (AvgIpc) is 2.69. The van der Waals surface area contributed by atoms with Crippen molar-refractivity contribution in [3.63, 3.8) is 0 Å². The highest BCUT2D eigenvalue weighted by atomic mass is 16.6. The molecule has 0 fully saturated rings. The van der Waals surface area contributed by atoms with E-state index in [1.54, 1.807) is 25.3 Å². The smallest absolute Gasteiger partial charge is 0.410 e. The number of carbonyl (C=O) groups is 2. The maximum atomic E-state index is 11.9. The lowest BCUT2D eigenvalue weighted by Gasteiger charge is -2.30. The van der Waals surface area contributed by atoms with E-state index < -0.39 is 17.7 Å². The zero-order valence-electron chi connectivity index (χ0n) is 11.2. The van der Waals surface area contributed by atoms with Gasteiger partial charge in [0.2, 0.25) is 0 Å². The SMILES string of the molecule is CC(C)(C)OC(=O)N1CCn2cc(C(=O)O)nc2C1. The summed E-state index contributed by atoms with van der Waals surface area (Å²) in [5, 5.41) is 8.88. The minimum absolute atomic E-state index is 0.000962. The fourth-order valence-corrected chi connectivity index (χ4v) is 1.84. The van der Waals surface area contributed by atoms with Crippen LogP contribution in [0.4, 0.5) is 4.79 Å². The predicted molar refractivity (Wildman–Crippen MR) is 65.8 cm³/mol. The van der Waals surface area contributed by atoms with Gasteiger partial charge in [-0.15, -0.1) is 0 Å². The van der Waals surface area contributed by atoms with Gasteiger partial charge in [0, 0.05) is 19.3 Å². The summed E-state index contributed by atoms with van der Waals surface area (Å²) in [5.41, 5.74) is -0.544. The number of hydrogen-bond acceptors (Lipinski definition) is 4. The molecule has 0 aliphatic carbocycles. The molecular weight excluding hydrogens is 250 g/mol. The van der Waals surface area contributed by atoms with Crippen LogP contribution >= 0.6 is 0 Å². The summed E-state index contributed by atoms with van der Waals surface area (Å²) >= 11 is 0. The van der Waals surface area contributed by atoms with Crippen LogP contribution in [0.2, 0.25) is 0 Å². The summed E-state index contributed by atoms with van der Waals surface area (Å²) in [7, 11) is 0. The van der Waals surface area contributed by atoms with Crippen LogP contribution in [0.5, 0.6) is 0 Å². The van der Waals surface area contributed by atoms with Gasteiger partial charge in [-0.05, 0) is 20.8 Å². The molecule has 1 amide bonds. The molecular formula is C12H17N3O4. The Kier molecular flexibility index (Phi) is 3.21. The Labute approximate surface area is 110 Å². The molecule has 1 aliphatic rings. The molecule has 0 aromatic carbocycles. The number of aromatic nitrogens is 2. The minimum Gasteiger partial charge on any atom is -0.476 e. The first kappa shape index (κ1) is 13.4. The molecule has 1 aromatic heterocycles. The first-order valence-corrected chi connectivity index (χ1v) is 6.03. The van der Waals surface area contributed by atoms with Gasteiger partial charge in [0.25, 0.3) is 0 Å². The largest absolute Gasteiger partial charge is 0.476 e. The van der Waals surface area contributed by atoms with Crippen molar-refractivity contribution in [3.8, 4) is 0 Å². The highest BCUT2D eigenvalue weighted by molar-refractivity contribution is 5.85. The number of nitrogens with zero attached hydrogens (tertiary/aromatic N) is 3. The Bertz CT molecular complexity index is 516. The molecule has 1 N–H and O–H groups in total. The number of carboxylic acid groups (broad SMARTS) is 1. The van der Waals surface area contributed by atoms with Crippen molar-refractivity contribution < 1.29 is 19.4 Å². The summed E-state index contributed by atoms with van der Waals surface area (Å²) in [4.78, 5) is 28.3. The summed E-state index contributed by atoms with van der Waals surface area (Å²) in [5.74, 6) is -0.500. The van der Waals surface area contributed by atoms with Crippen molar-refractivity contribution in [1.29, 1.82) is 0 Å². The second-order valence-corrected chi connectivity index (χ2v) is 5.44. The molecule has 2 rings (SSSR count). The van der Waals surface area contributed by atoms with Crippen molar-refractivity contribution in [2.45, 2.75) is 39.5 Å². The van der Waals surface area contributed by atoms with Gasteiger partial charge in [0.1, 0.15) is 11.4 Å². The lowest BCUT2D eigenvalue weighted by molar-refractivity contribution is 0.0195. The van der Waals surface area contributed by atoms with Crippen LogP contribution in [0.1, 0.15) is 37.1 Å². The monoisotopic (exact) mass is 267 g/mol. The number of fused-ring (bicyclic) bond motifs is 1. The predicted octanol–water partition coefficient (Wildman–Crippen LogP) is 1.33. The summed E-state index contributed by atoms with van der Waals surface area (Å²) in [6, 6.07) is 0. The maximum absolute atomic E-state index is 11.9. The second kappa shape index (κ2) is 4.56. The first-order chi connectivity index (χ1) is 8.76. The number of ether oxygens (including phenoxy) is 1. The number of hydrogen-bond donors (Lipinski definition) is 1. The summed E-state index contributed by atoms with van der Waals surface area (Å²) in [6.07, 6.45) is 1.09. The van der Waals surface area contributed by atoms with Gasteiger partial charge in [-0.3, -0.25) is 4.90 Å². The number of aromatic carboxylic acids is 1. The third-order valence-corrected chi connectivity index (χ3v) is 2.67. The molecule has 0 bridgehead atoms. The van der Waals surface area contributed by atoms with Crippen LogP contribution in [0.3, 0.4) is 0 Å². The van der Waals surface area contributed by atoms with E-state index in [4.69, 9.17) is 9.84 Å². The Balaban J connectivity index is 2.09. The van der Waals surface area contributed by atoms with E-state index in [-0.39, 0.29) is 12.2 Å². The lowest BCUT2D eigenvalue weighted by Crippen LogP contribution is -2.41. The van der Waals surface area contributed by atoms with Gasteiger partial charge in [-0.1, -0.05) is 0 Å². The van der Waals surface area contributed by atoms with Gasteiger partial charge in [0.15, 0.2) is 5.69 Å². The fourth-order valence-electron chi connectivity index (χ4n) is 1.84. The van der Waals surface area contributed by atoms with E-state index in [0.29, 0.717) is 18.9 Å². The molecule has 2 heterocycles. The molecule has 1 aliphatic heterocycles. The molecule has 104 valence electrons. The van der Waals surface area contributed by atoms with Crippen molar-refractivity contribution in [1.82, 2.24) is 14.5 Å². The van der Waals surface area contributed by atoms with Crippen molar-refractivity contribution in [2.75, 3.05) is 6.54 Å². The van der Waals surface area contributed by atoms with Crippen LogP contribution < -0.4 is 0 Å². The topological polar surface area (TPSA) is 84.7 Å². The third-order valence-electron chi connectivity index (χ3n) is 2.67. The van der Waals surface area contributed by atoms with Gasteiger partial charge in [0.05, 0.1) is 6.54 Å². The van der Waals surface area contributed by atoms with Crippen LogP contribution in [-0.4, -0.2) is 43.8 Å². The quantitative estimate of drug-likeness (QED) is 0.829. The van der Waals surface area contributed by atoms with E-state index in [1.807, 2.05) is 0 Å². The van der Waals surface area contributed by atoms with E-state index >= 15 is 0 Å². The molecule has 0 radical (unpaired) electrons. The number of imidazole rings is 1. The maximum Gasteiger partial charge on any atom is 0.410 e. The van der Waals surface area contributed by atoms with Gasteiger partial charge in [-0.25, -0.2) is 14.6 Å². The molecule has 19 heavy (non-hydrogen) atoms. The average molecular weight is 267 g/mol. The van der Waals surface area contributed by atoms with Crippen molar-refractivity contribution in [3.05, 3.63) is 17.7 Å². The van der Waals surface area contributed by atoms with Crippen molar-refractivity contribution in [2.24, 2.45) is 0 Å². The number of rotatable bonds is 1. The molecule has 0 saturated heterocycles. The lowest BCUT2D eigenvalue weighted by atomic mass is 10.2. The number of carbonyl (C=O) groups excluding carboxylic acids is 1. The second-order valence-electron chi connectivity index (χ2n) is 5.44. The molecule has 0 spiro atoms. The molecule has 0 saturated carbocycles.